The molecule has 26 heavy (non-hydrogen) atoms. The number of hydrogen-bond acceptors (Lipinski definition) is 3. The second-order valence-corrected chi connectivity index (χ2v) is 9.02. The number of imidazole rings is 1. The van der Waals surface area contributed by atoms with E-state index in [4.69, 9.17) is 4.98 Å². The van der Waals surface area contributed by atoms with Crippen LogP contribution in [0.15, 0.2) is 53.4 Å². The lowest BCUT2D eigenvalue weighted by atomic mass is 10.0. The smallest absolute Gasteiger partial charge is 0.175 e. The van der Waals surface area contributed by atoms with E-state index < -0.39 is 9.84 Å². The quantitative estimate of drug-likeness (QED) is 0.700. The molecule has 0 aliphatic heterocycles. The van der Waals surface area contributed by atoms with Gasteiger partial charge in [0.25, 0.3) is 0 Å². The molecule has 0 N–H and O–H groups in total. The SMILES string of the molecule is Cc1ccc(-c2nc3c(n2-c2ccc(S(C)(=O)=O)cc2)CCCC3)cc1. The summed E-state index contributed by atoms with van der Waals surface area (Å²) in [5.41, 5.74) is 5.67. The third-order valence-corrected chi connectivity index (χ3v) is 6.09. The highest BCUT2D eigenvalue weighted by Gasteiger charge is 2.22. The fraction of sp³-hybridized carbons (Fsp3) is 0.286. The van der Waals surface area contributed by atoms with Crippen molar-refractivity contribution < 1.29 is 8.42 Å². The second kappa shape index (κ2) is 6.40. The van der Waals surface area contributed by atoms with Crippen LogP contribution in [-0.2, 0) is 22.7 Å². The summed E-state index contributed by atoms with van der Waals surface area (Å²) in [5, 5.41) is 0. The first-order valence-corrected chi connectivity index (χ1v) is 10.8. The van der Waals surface area contributed by atoms with Gasteiger partial charge in [-0.05, 0) is 56.9 Å². The van der Waals surface area contributed by atoms with Crippen LogP contribution in [0, 0.1) is 6.92 Å². The van der Waals surface area contributed by atoms with Crippen LogP contribution in [0.3, 0.4) is 0 Å². The second-order valence-electron chi connectivity index (χ2n) is 7.00. The van der Waals surface area contributed by atoms with Gasteiger partial charge in [-0.1, -0.05) is 29.8 Å². The molecule has 0 atom stereocenters. The number of aryl methyl sites for hydroxylation is 2. The molecule has 5 heteroatoms. The van der Waals surface area contributed by atoms with E-state index in [1.54, 1.807) is 12.1 Å². The maximum absolute atomic E-state index is 11.8. The first-order valence-electron chi connectivity index (χ1n) is 8.91. The lowest BCUT2D eigenvalue weighted by Crippen LogP contribution is -2.08. The summed E-state index contributed by atoms with van der Waals surface area (Å²) in [6.07, 6.45) is 5.57. The largest absolute Gasteiger partial charge is 0.296 e. The van der Waals surface area contributed by atoms with Crippen molar-refractivity contribution >= 4 is 9.84 Å². The molecule has 0 saturated carbocycles. The molecule has 3 aromatic rings. The minimum Gasteiger partial charge on any atom is -0.296 e. The van der Waals surface area contributed by atoms with Crippen LogP contribution in [0.25, 0.3) is 17.1 Å². The molecule has 0 fully saturated rings. The van der Waals surface area contributed by atoms with Crippen LogP contribution < -0.4 is 0 Å². The zero-order valence-corrected chi connectivity index (χ0v) is 15.9. The molecule has 1 heterocycles. The molecular formula is C21H22N2O2S. The fourth-order valence-corrected chi connectivity index (χ4v) is 4.19. The Morgan fingerprint density at radius 3 is 2.23 bits per heavy atom. The van der Waals surface area contributed by atoms with Gasteiger partial charge in [0.15, 0.2) is 9.84 Å². The Balaban J connectivity index is 1.89. The lowest BCUT2D eigenvalue weighted by Gasteiger charge is -2.16. The highest BCUT2D eigenvalue weighted by atomic mass is 32.2. The summed E-state index contributed by atoms with van der Waals surface area (Å²) in [6, 6.07) is 15.5. The van der Waals surface area contributed by atoms with Crippen LogP contribution in [0.4, 0.5) is 0 Å². The van der Waals surface area contributed by atoms with E-state index in [-0.39, 0.29) is 0 Å². The number of nitrogens with zero attached hydrogens (tertiary/aromatic N) is 2. The van der Waals surface area contributed by atoms with Gasteiger partial charge in [-0.2, -0.15) is 0 Å². The highest BCUT2D eigenvalue weighted by Crippen LogP contribution is 2.31. The van der Waals surface area contributed by atoms with E-state index in [1.807, 2.05) is 12.1 Å². The molecule has 1 aliphatic carbocycles. The number of benzene rings is 2. The minimum absolute atomic E-state index is 0.340. The molecule has 0 spiro atoms. The van der Waals surface area contributed by atoms with Gasteiger partial charge in [-0.15, -0.1) is 0 Å². The number of rotatable bonds is 3. The molecule has 134 valence electrons. The Labute approximate surface area is 154 Å². The van der Waals surface area contributed by atoms with Gasteiger partial charge in [0.2, 0.25) is 0 Å². The molecule has 0 bridgehead atoms. The van der Waals surface area contributed by atoms with Gasteiger partial charge in [0, 0.05) is 23.2 Å². The predicted octanol–water partition coefficient (Wildman–Crippen LogP) is 4.13. The maximum Gasteiger partial charge on any atom is 0.175 e. The number of fused-ring (bicyclic) bond motifs is 1. The van der Waals surface area contributed by atoms with Gasteiger partial charge in [-0.25, -0.2) is 13.4 Å². The zero-order chi connectivity index (χ0) is 18.3. The van der Waals surface area contributed by atoms with Gasteiger partial charge < -0.3 is 0 Å². The molecule has 1 aliphatic rings. The normalized spacial score (nSPS) is 14.2. The summed E-state index contributed by atoms with van der Waals surface area (Å²) in [5.74, 6) is 0.934. The standard InChI is InChI=1S/C21H22N2O2S/c1-15-7-9-16(10-8-15)21-22-19-5-3-4-6-20(19)23(21)17-11-13-18(14-12-17)26(2,24)25/h7-14H,3-6H2,1-2H3. The van der Waals surface area contributed by atoms with Crippen LogP contribution >= 0.6 is 0 Å². The molecule has 0 radical (unpaired) electrons. The lowest BCUT2D eigenvalue weighted by molar-refractivity contribution is 0.602. The maximum atomic E-state index is 11.8. The van der Waals surface area contributed by atoms with Crippen molar-refractivity contribution in [3.05, 3.63) is 65.5 Å². The van der Waals surface area contributed by atoms with E-state index >= 15 is 0 Å². The van der Waals surface area contributed by atoms with Crippen molar-refractivity contribution in [2.75, 3.05) is 6.26 Å². The number of aromatic nitrogens is 2. The van der Waals surface area contributed by atoms with E-state index in [0.717, 1.165) is 36.3 Å². The zero-order valence-electron chi connectivity index (χ0n) is 15.1. The third-order valence-electron chi connectivity index (χ3n) is 4.97. The van der Waals surface area contributed by atoms with Crippen LogP contribution in [0.1, 0.15) is 29.8 Å². The van der Waals surface area contributed by atoms with Crippen molar-refractivity contribution in [3.63, 3.8) is 0 Å². The van der Waals surface area contributed by atoms with E-state index in [2.05, 4.69) is 35.8 Å². The molecule has 1 aromatic heterocycles. The van der Waals surface area contributed by atoms with Gasteiger partial charge in [0.1, 0.15) is 5.82 Å². The Hall–Kier alpha value is -2.40. The average Bonchev–Trinajstić information content (AvgIpc) is 3.01. The van der Waals surface area contributed by atoms with E-state index in [9.17, 15) is 8.42 Å². The molecule has 0 amide bonds. The monoisotopic (exact) mass is 366 g/mol. The predicted molar refractivity (Wildman–Crippen MR) is 103 cm³/mol. The molecular weight excluding hydrogens is 344 g/mol. The summed E-state index contributed by atoms with van der Waals surface area (Å²) >= 11 is 0. The van der Waals surface area contributed by atoms with Crippen molar-refractivity contribution in [2.45, 2.75) is 37.5 Å². The molecule has 0 saturated heterocycles. The first kappa shape index (κ1) is 17.0. The topological polar surface area (TPSA) is 52.0 Å². The Morgan fingerprint density at radius 1 is 0.923 bits per heavy atom. The first-order chi connectivity index (χ1) is 12.4. The van der Waals surface area contributed by atoms with Crippen molar-refractivity contribution in [1.82, 2.24) is 9.55 Å². The van der Waals surface area contributed by atoms with E-state index in [1.165, 1.54) is 29.6 Å². The average molecular weight is 366 g/mol. The Morgan fingerprint density at radius 2 is 1.58 bits per heavy atom. The van der Waals surface area contributed by atoms with Gasteiger partial charge >= 0.3 is 0 Å². The van der Waals surface area contributed by atoms with Crippen LogP contribution in [-0.4, -0.2) is 24.2 Å². The highest BCUT2D eigenvalue weighted by molar-refractivity contribution is 7.90. The Bertz CT molecular complexity index is 1050. The van der Waals surface area contributed by atoms with Crippen molar-refractivity contribution in [1.29, 1.82) is 0 Å². The van der Waals surface area contributed by atoms with Gasteiger partial charge in [0.05, 0.1) is 10.6 Å². The van der Waals surface area contributed by atoms with E-state index in [0.29, 0.717) is 4.90 Å². The number of sulfone groups is 1. The molecule has 0 unspecified atom stereocenters. The third kappa shape index (κ3) is 3.07. The van der Waals surface area contributed by atoms with Crippen molar-refractivity contribution in [3.8, 4) is 17.1 Å². The van der Waals surface area contributed by atoms with Crippen LogP contribution in [0.2, 0.25) is 0 Å². The molecule has 4 rings (SSSR count). The Kier molecular flexibility index (Phi) is 4.19. The summed E-state index contributed by atoms with van der Waals surface area (Å²) in [4.78, 5) is 5.28. The van der Waals surface area contributed by atoms with Crippen LogP contribution in [0.5, 0.6) is 0 Å². The number of hydrogen-bond donors (Lipinski definition) is 0. The summed E-state index contributed by atoms with van der Waals surface area (Å²) in [7, 11) is -3.20. The fourth-order valence-electron chi connectivity index (χ4n) is 3.56. The summed E-state index contributed by atoms with van der Waals surface area (Å²) < 4.78 is 25.7. The van der Waals surface area contributed by atoms with Gasteiger partial charge in [-0.3, -0.25) is 4.57 Å². The minimum atomic E-state index is -3.20. The molecule has 4 nitrogen and oxygen atoms in total. The van der Waals surface area contributed by atoms with Crippen molar-refractivity contribution in [2.24, 2.45) is 0 Å². The summed E-state index contributed by atoms with van der Waals surface area (Å²) in [6.45, 7) is 2.07. The molecule has 2 aromatic carbocycles.